The Morgan fingerprint density at radius 2 is 1.24 bits per heavy atom. The minimum Gasteiger partial charge on any atom is -0.497 e. The molecule has 0 N–H and O–H groups in total. The number of aromatic nitrogens is 1. The molecule has 0 bridgehead atoms. The van der Waals surface area contributed by atoms with Crippen molar-refractivity contribution in [3.63, 3.8) is 0 Å². The molecule has 204 valence electrons. The van der Waals surface area contributed by atoms with Gasteiger partial charge in [-0.05, 0) is 76.1 Å². The minimum absolute atomic E-state index is 0.256. The fourth-order valence-corrected chi connectivity index (χ4v) is 4.13. The lowest BCUT2D eigenvalue weighted by atomic mass is 9.78. The molecule has 8 heteroatoms. The van der Waals surface area contributed by atoms with E-state index >= 15 is 4.39 Å². The van der Waals surface area contributed by atoms with Crippen molar-refractivity contribution in [2.75, 3.05) is 19.1 Å². The van der Waals surface area contributed by atoms with Crippen molar-refractivity contribution in [1.29, 1.82) is 0 Å². The molecule has 1 saturated heterocycles. The molecule has 38 heavy (non-hydrogen) atoms. The zero-order valence-corrected chi connectivity index (χ0v) is 24.1. The lowest BCUT2D eigenvalue weighted by Crippen LogP contribution is -2.41. The van der Waals surface area contributed by atoms with Crippen LogP contribution in [-0.2, 0) is 22.4 Å². The van der Waals surface area contributed by atoms with Gasteiger partial charge < -0.3 is 23.7 Å². The highest BCUT2D eigenvalue weighted by molar-refractivity contribution is 6.62. The van der Waals surface area contributed by atoms with Gasteiger partial charge in [0.05, 0.1) is 25.4 Å². The first-order valence-electron chi connectivity index (χ1n) is 13.1. The smallest absolute Gasteiger partial charge is 0.497 e. The van der Waals surface area contributed by atoms with Crippen LogP contribution >= 0.6 is 0 Å². The molecule has 0 atom stereocenters. The van der Waals surface area contributed by atoms with Crippen LogP contribution in [0.25, 0.3) is 0 Å². The number of benzene rings is 2. The van der Waals surface area contributed by atoms with Crippen LogP contribution in [0.4, 0.5) is 10.2 Å². The fourth-order valence-electron chi connectivity index (χ4n) is 4.13. The molecular formula is C30H40BFN2O4. The zero-order valence-electron chi connectivity index (χ0n) is 24.1. The second-order valence-corrected chi connectivity index (χ2v) is 10.1. The van der Waals surface area contributed by atoms with Gasteiger partial charge in [-0.2, -0.15) is 0 Å². The summed E-state index contributed by atoms with van der Waals surface area (Å²) in [7, 11) is 2.45. The van der Waals surface area contributed by atoms with E-state index in [1.54, 1.807) is 20.3 Å². The minimum atomic E-state index is -0.820. The normalized spacial score (nSPS) is 15.5. The van der Waals surface area contributed by atoms with Crippen molar-refractivity contribution in [3.8, 4) is 11.5 Å². The van der Waals surface area contributed by atoms with Crippen molar-refractivity contribution >= 4 is 18.4 Å². The molecule has 3 aromatic rings. The summed E-state index contributed by atoms with van der Waals surface area (Å²) in [5, 5.41) is 0. The third-order valence-corrected chi connectivity index (χ3v) is 6.97. The first-order valence-corrected chi connectivity index (χ1v) is 13.1. The number of hydrogen-bond acceptors (Lipinski definition) is 6. The molecule has 1 aliphatic rings. The summed E-state index contributed by atoms with van der Waals surface area (Å²) in [6.45, 7) is 14.6. The third-order valence-electron chi connectivity index (χ3n) is 6.97. The van der Waals surface area contributed by atoms with Gasteiger partial charge in [-0.1, -0.05) is 38.1 Å². The Hall–Kier alpha value is -3.10. The van der Waals surface area contributed by atoms with Crippen molar-refractivity contribution in [2.45, 2.75) is 72.8 Å². The molecule has 6 nitrogen and oxygen atoms in total. The van der Waals surface area contributed by atoms with E-state index in [1.165, 1.54) is 0 Å². The molecule has 2 aromatic carbocycles. The molecule has 0 aliphatic carbocycles. The predicted molar refractivity (Wildman–Crippen MR) is 152 cm³/mol. The number of anilines is 1. The Kier molecular flexibility index (Phi) is 9.44. The van der Waals surface area contributed by atoms with Crippen LogP contribution in [-0.4, -0.2) is 37.5 Å². The van der Waals surface area contributed by atoms with E-state index < -0.39 is 24.1 Å². The number of halogens is 1. The van der Waals surface area contributed by atoms with Crippen LogP contribution < -0.4 is 19.8 Å². The Labute approximate surface area is 227 Å². The number of aryl methyl sites for hydroxylation is 1. The average Bonchev–Trinajstić information content (AvgIpc) is 3.13. The Balaban J connectivity index is 0.00000195. The average molecular weight is 522 g/mol. The molecule has 0 amide bonds. The third kappa shape index (κ3) is 6.48. The predicted octanol–water partition coefficient (Wildman–Crippen LogP) is 6.08. The Bertz CT molecular complexity index is 1130. The highest BCUT2D eigenvalue weighted by atomic mass is 19.1. The monoisotopic (exact) mass is 522 g/mol. The van der Waals surface area contributed by atoms with Crippen molar-refractivity contribution in [3.05, 3.63) is 77.2 Å². The van der Waals surface area contributed by atoms with Gasteiger partial charge in [0.15, 0.2) is 11.6 Å². The van der Waals surface area contributed by atoms with E-state index in [-0.39, 0.29) is 5.82 Å². The second-order valence-electron chi connectivity index (χ2n) is 10.1. The molecule has 1 aromatic heterocycles. The molecular weight excluding hydrogens is 482 g/mol. The number of nitrogens with zero attached hydrogens (tertiary/aromatic N) is 2. The van der Waals surface area contributed by atoms with E-state index in [9.17, 15) is 0 Å². The molecule has 0 saturated carbocycles. The van der Waals surface area contributed by atoms with Crippen LogP contribution in [0.1, 0.15) is 58.4 Å². The lowest BCUT2D eigenvalue weighted by molar-refractivity contribution is 0.00578. The molecule has 1 aliphatic heterocycles. The standard InChI is InChI=1S/C28H34BFN2O4.C2H6/c1-19-16-24(29-35-27(2,3)28(4,5)36-29)25(30)26(31-19)32(17-20-8-12-22(33-6)13-9-20)18-21-10-14-23(34-7)15-11-21;1-2/h8-16H,17-18H2,1-7H3;1-2H3. The van der Waals surface area contributed by atoms with E-state index in [0.29, 0.717) is 24.2 Å². The highest BCUT2D eigenvalue weighted by Crippen LogP contribution is 2.37. The molecule has 2 heterocycles. The summed E-state index contributed by atoms with van der Waals surface area (Å²) >= 11 is 0. The summed E-state index contributed by atoms with van der Waals surface area (Å²) in [5.41, 5.74) is 1.89. The van der Waals surface area contributed by atoms with Gasteiger partial charge in [0, 0.05) is 24.2 Å². The van der Waals surface area contributed by atoms with Crippen molar-refractivity contribution < 1.29 is 23.2 Å². The van der Waals surface area contributed by atoms with Crippen LogP contribution in [0.5, 0.6) is 11.5 Å². The van der Waals surface area contributed by atoms with Crippen LogP contribution in [0.2, 0.25) is 0 Å². The van der Waals surface area contributed by atoms with Gasteiger partial charge in [0.2, 0.25) is 0 Å². The number of rotatable bonds is 8. The number of hydrogen-bond donors (Lipinski definition) is 0. The maximum Gasteiger partial charge on any atom is 0.498 e. The molecule has 0 spiro atoms. The van der Waals surface area contributed by atoms with Crippen molar-refractivity contribution in [1.82, 2.24) is 4.98 Å². The number of pyridine rings is 1. The topological polar surface area (TPSA) is 53.1 Å². The van der Waals surface area contributed by atoms with Gasteiger partial charge in [-0.3, -0.25) is 0 Å². The fraction of sp³-hybridized carbons (Fsp3) is 0.433. The number of methoxy groups -OCH3 is 2. The summed E-state index contributed by atoms with van der Waals surface area (Å²) in [6, 6.07) is 17.2. The summed E-state index contributed by atoms with van der Waals surface area (Å²) in [4.78, 5) is 6.56. The highest BCUT2D eigenvalue weighted by Gasteiger charge is 2.52. The van der Waals surface area contributed by atoms with E-state index in [2.05, 4.69) is 4.98 Å². The summed E-state index contributed by atoms with van der Waals surface area (Å²) in [5.74, 6) is 1.35. The first kappa shape index (κ1) is 29.5. The van der Waals surface area contributed by atoms with Gasteiger partial charge in [-0.15, -0.1) is 0 Å². The van der Waals surface area contributed by atoms with Gasteiger partial charge in [0.1, 0.15) is 11.5 Å². The van der Waals surface area contributed by atoms with Crippen LogP contribution in [0, 0.1) is 12.7 Å². The summed E-state index contributed by atoms with van der Waals surface area (Å²) < 4.78 is 39.1. The van der Waals surface area contributed by atoms with E-state index in [1.807, 2.05) is 102 Å². The summed E-state index contributed by atoms with van der Waals surface area (Å²) in [6.07, 6.45) is 0. The van der Waals surface area contributed by atoms with Crippen molar-refractivity contribution in [2.24, 2.45) is 0 Å². The van der Waals surface area contributed by atoms with E-state index in [4.69, 9.17) is 18.8 Å². The molecule has 4 rings (SSSR count). The van der Waals surface area contributed by atoms with Crippen LogP contribution in [0.15, 0.2) is 54.6 Å². The largest absolute Gasteiger partial charge is 0.498 e. The molecule has 0 radical (unpaired) electrons. The molecule has 1 fully saturated rings. The zero-order chi connectivity index (χ0) is 28.1. The van der Waals surface area contributed by atoms with E-state index in [0.717, 1.165) is 22.6 Å². The maximum absolute atomic E-state index is 16.2. The van der Waals surface area contributed by atoms with Crippen LogP contribution in [0.3, 0.4) is 0 Å². The maximum atomic E-state index is 16.2. The Morgan fingerprint density at radius 3 is 1.63 bits per heavy atom. The first-order chi connectivity index (χ1) is 18.0. The molecule has 0 unspecified atom stereocenters. The lowest BCUT2D eigenvalue weighted by Gasteiger charge is -2.32. The quantitative estimate of drug-likeness (QED) is 0.335. The second kappa shape index (κ2) is 12.2. The Morgan fingerprint density at radius 1 is 0.816 bits per heavy atom. The number of ether oxygens (including phenoxy) is 2. The SMILES string of the molecule is CC.COc1ccc(CN(Cc2ccc(OC)cc2)c2nc(C)cc(B3OC(C)(C)C(C)(C)O3)c2F)cc1. The van der Waals surface area contributed by atoms with Gasteiger partial charge in [-0.25, -0.2) is 9.37 Å². The van der Waals surface area contributed by atoms with Gasteiger partial charge >= 0.3 is 7.12 Å². The van der Waals surface area contributed by atoms with Gasteiger partial charge in [0.25, 0.3) is 0 Å².